The minimum absolute atomic E-state index is 0.00581. The van der Waals surface area contributed by atoms with Crippen LogP contribution < -0.4 is 11.2 Å². The molecule has 10 nitrogen and oxygen atoms in total. The summed E-state index contributed by atoms with van der Waals surface area (Å²) in [5, 5.41) is 4.40. The molecule has 0 amide bonds. The van der Waals surface area contributed by atoms with E-state index in [1.165, 1.54) is 46.4 Å². The van der Waals surface area contributed by atoms with E-state index < -0.39 is 17.1 Å². The van der Waals surface area contributed by atoms with Crippen LogP contribution in [0.5, 0.6) is 0 Å². The standard InChI is InChI=1S/C42H48FN7O3/c1-28-22-38(45-46(28)2)39(51)23-29-12-16-35(17-13-29)50-41(52)37-25-33(43)26-44-40(37)49(42(50)53)36-9-5-6-32(24-36)31-14-10-30(11-15-31)27-47-18-20-48(21-19-47)34-7-3-4-8-34/h5-6,9-11,14-15,22,24-26,29,34-35H,3-4,7-8,12-13,16-21,23,27H2,1-2H3. The molecule has 2 aromatic carbocycles. The van der Waals surface area contributed by atoms with Crippen LogP contribution in [0.2, 0.25) is 0 Å². The molecule has 4 heterocycles. The van der Waals surface area contributed by atoms with Gasteiger partial charge >= 0.3 is 5.69 Å². The van der Waals surface area contributed by atoms with Crippen molar-refractivity contribution in [2.24, 2.45) is 13.0 Å². The molecule has 8 rings (SSSR count). The summed E-state index contributed by atoms with van der Waals surface area (Å²) in [6, 6.07) is 19.6. The largest absolute Gasteiger partial charge is 0.337 e. The first kappa shape index (κ1) is 35.3. The Morgan fingerprint density at radius 1 is 0.849 bits per heavy atom. The number of pyridine rings is 1. The quantitative estimate of drug-likeness (QED) is 0.162. The van der Waals surface area contributed by atoms with Gasteiger partial charge in [-0.05, 0) is 92.3 Å². The number of carbonyl (C=O) groups is 1. The summed E-state index contributed by atoms with van der Waals surface area (Å²) < 4.78 is 19.0. The van der Waals surface area contributed by atoms with Crippen molar-refractivity contribution >= 4 is 16.8 Å². The number of rotatable bonds is 9. The molecule has 2 saturated carbocycles. The van der Waals surface area contributed by atoms with Crippen LogP contribution in [0, 0.1) is 18.7 Å². The van der Waals surface area contributed by atoms with Crippen LogP contribution in [0.1, 0.15) is 85.6 Å². The summed E-state index contributed by atoms with van der Waals surface area (Å²) in [4.78, 5) is 50.7. The zero-order valence-electron chi connectivity index (χ0n) is 30.7. The monoisotopic (exact) mass is 717 g/mol. The van der Waals surface area contributed by atoms with Gasteiger partial charge in [-0.15, -0.1) is 0 Å². The van der Waals surface area contributed by atoms with Crippen LogP contribution >= 0.6 is 0 Å². The number of ketones is 1. The van der Waals surface area contributed by atoms with Crippen molar-refractivity contribution in [1.82, 2.24) is 33.7 Å². The second kappa shape index (κ2) is 14.9. The first-order valence-electron chi connectivity index (χ1n) is 19.2. The van der Waals surface area contributed by atoms with E-state index in [-0.39, 0.29) is 28.8 Å². The van der Waals surface area contributed by atoms with Crippen molar-refractivity contribution in [3.05, 3.63) is 110 Å². The van der Waals surface area contributed by atoms with Crippen LogP contribution in [0.4, 0.5) is 4.39 Å². The van der Waals surface area contributed by atoms with E-state index in [4.69, 9.17) is 0 Å². The van der Waals surface area contributed by atoms with E-state index in [2.05, 4.69) is 44.1 Å². The molecule has 53 heavy (non-hydrogen) atoms. The second-order valence-corrected chi connectivity index (χ2v) is 15.4. The smallest absolute Gasteiger partial charge is 0.298 e. The number of carbonyl (C=O) groups excluding carboxylic acids is 1. The molecule has 0 bridgehead atoms. The summed E-state index contributed by atoms with van der Waals surface area (Å²) in [6.07, 6.45) is 9.37. The van der Waals surface area contributed by atoms with Crippen LogP contribution in [0.3, 0.4) is 0 Å². The molecule has 0 spiro atoms. The van der Waals surface area contributed by atoms with E-state index >= 15 is 0 Å². The van der Waals surface area contributed by atoms with E-state index in [0.717, 1.165) is 61.8 Å². The maximum absolute atomic E-state index is 14.6. The second-order valence-electron chi connectivity index (χ2n) is 15.4. The fourth-order valence-electron chi connectivity index (χ4n) is 8.85. The molecule has 1 aliphatic heterocycles. The zero-order valence-corrected chi connectivity index (χ0v) is 30.7. The lowest BCUT2D eigenvalue weighted by atomic mass is 9.82. The van der Waals surface area contributed by atoms with Crippen molar-refractivity contribution in [2.45, 2.75) is 83.3 Å². The minimum Gasteiger partial charge on any atom is -0.298 e. The molecule has 3 aromatic heterocycles. The Kier molecular flexibility index (Phi) is 9.95. The fourth-order valence-corrected chi connectivity index (χ4v) is 8.85. The van der Waals surface area contributed by atoms with E-state index in [1.54, 1.807) is 4.68 Å². The van der Waals surface area contributed by atoms with Gasteiger partial charge in [-0.25, -0.2) is 18.7 Å². The number of aromatic nitrogens is 5. The Labute approximate surface area is 308 Å². The zero-order chi connectivity index (χ0) is 36.6. The third kappa shape index (κ3) is 7.29. The molecule has 5 aromatic rings. The lowest BCUT2D eigenvalue weighted by Crippen LogP contribution is -2.49. The number of fused-ring (bicyclic) bond motifs is 1. The van der Waals surface area contributed by atoms with Gasteiger partial charge < -0.3 is 0 Å². The Balaban J connectivity index is 1.01. The molecular formula is C42H48FN7O3. The minimum atomic E-state index is -0.636. The van der Waals surface area contributed by atoms with Gasteiger partial charge in [0.1, 0.15) is 11.5 Å². The van der Waals surface area contributed by atoms with Crippen molar-refractivity contribution in [2.75, 3.05) is 26.2 Å². The number of piperazine rings is 1. The van der Waals surface area contributed by atoms with E-state index in [1.807, 2.05) is 44.3 Å². The summed E-state index contributed by atoms with van der Waals surface area (Å²) in [5.74, 6) is -0.498. The first-order chi connectivity index (χ1) is 25.7. The molecule has 1 saturated heterocycles. The van der Waals surface area contributed by atoms with Gasteiger partial charge in [-0.2, -0.15) is 5.10 Å². The van der Waals surface area contributed by atoms with Gasteiger partial charge in [0.15, 0.2) is 11.4 Å². The molecule has 0 atom stereocenters. The molecule has 0 radical (unpaired) electrons. The number of nitrogens with zero attached hydrogens (tertiary/aromatic N) is 7. The summed E-state index contributed by atoms with van der Waals surface area (Å²) in [5.41, 5.74) is 4.25. The van der Waals surface area contributed by atoms with Crippen molar-refractivity contribution in [3.63, 3.8) is 0 Å². The maximum atomic E-state index is 14.6. The van der Waals surface area contributed by atoms with Crippen LogP contribution in [-0.4, -0.2) is 71.7 Å². The molecule has 0 unspecified atom stereocenters. The number of Topliss-reactive ketones (excluding diaryl/α,β-unsaturated/α-hetero) is 1. The van der Waals surface area contributed by atoms with Crippen LogP contribution in [0.25, 0.3) is 27.8 Å². The lowest BCUT2D eigenvalue weighted by Gasteiger charge is -2.38. The van der Waals surface area contributed by atoms with Gasteiger partial charge in [0.25, 0.3) is 5.56 Å². The Morgan fingerprint density at radius 2 is 1.58 bits per heavy atom. The molecule has 11 heteroatoms. The summed E-state index contributed by atoms with van der Waals surface area (Å²) in [6.45, 7) is 7.32. The predicted molar refractivity (Wildman–Crippen MR) is 204 cm³/mol. The molecule has 3 aliphatic rings. The molecule has 0 N–H and O–H groups in total. The molecule has 3 fully saturated rings. The average Bonchev–Trinajstić information content (AvgIpc) is 3.83. The third-order valence-electron chi connectivity index (χ3n) is 12.0. The molecule has 2 aliphatic carbocycles. The first-order valence-corrected chi connectivity index (χ1v) is 19.2. The SMILES string of the molecule is Cc1cc(C(=O)CC2CCC(n3c(=O)c4cc(F)cnc4n(-c4cccc(-c5ccc(CN6CCN(C7CCCC7)CC6)cc5)c4)c3=O)CC2)nn1C. The van der Waals surface area contributed by atoms with Crippen molar-refractivity contribution in [1.29, 1.82) is 0 Å². The fraction of sp³-hybridized carbons (Fsp3) is 0.452. The van der Waals surface area contributed by atoms with E-state index in [0.29, 0.717) is 43.5 Å². The number of hydrogen-bond donors (Lipinski definition) is 0. The number of halogens is 1. The molecule has 276 valence electrons. The lowest BCUT2D eigenvalue weighted by molar-refractivity contribution is 0.0936. The van der Waals surface area contributed by atoms with Gasteiger partial charge in [0.05, 0.1) is 17.3 Å². The number of benzene rings is 2. The van der Waals surface area contributed by atoms with Crippen molar-refractivity contribution < 1.29 is 9.18 Å². The highest BCUT2D eigenvalue weighted by Crippen LogP contribution is 2.34. The van der Waals surface area contributed by atoms with Gasteiger partial charge in [0.2, 0.25) is 0 Å². The number of hydrogen-bond acceptors (Lipinski definition) is 7. The highest BCUT2D eigenvalue weighted by atomic mass is 19.1. The van der Waals surface area contributed by atoms with Crippen molar-refractivity contribution in [3.8, 4) is 16.8 Å². The van der Waals surface area contributed by atoms with Crippen LogP contribution in [-0.2, 0) is 13.6 Å². The summed E-state index contributed by atoms with van der Waals surface area (Å²) >= 11 is 0. The maximum Gasteiger partial charge on any atom is 0.337 e. The Hall–Kier alpha value is -4.74. The summed E-state index contributed by atoms with van der Waals surface area (Å²) in [7, 11) is 1.82. The Bertz CT molecular complexity index is 2220. The van der Waals surface area contributed by atoms with E-state index in [9.17, 15) is 18.8 Å². The highest BCUT2D eigenvalue weighted by Gasteiger charge is 2.29. The van der Waals surface area contributed by atoms with Gasteiger partial charge in [0, 0.05) is 64.0 Å². The third-order valence-corrected chi connectivity index (χ3v) is 12.0. The predicted octanol–water partition coefficient (Wildman–Crippen LogP) is 6.46. The topological polar surface area (TPSA) is 98.3 Å². The average molecular weight is 718 g/mol. The molecular weight excluding hydrogens is 670 g/mol. The number of aryl methyl sites for hydroxylation is 2. The van der Waals surface area contributed by atoms with Crippen LogP contribution in [0.15, 0.2) is 76.4 Å². The normalized spacial score (nSPS) is 20.4. The highest BCUT2D eigenvalue weighted by molar-refractivity contribution is 5.94. The van der Waals surface area contributed by atoms with Gasteiger partial charge in [-0.3, -0.25) is 28.6 Å². The Morgan fingerprint density at radius 3 is 2.28 bits per heavy atom. The van der Waals surface area contributed by atoms with Gasteiger partial charge in [-0.1, -0.05) is 49.2 Å².